The van der Waals surface area contributed by atoms with Gasteiger partial charge in [0, 0.05) is 23.4 Å². The number of sulfonamides is 1. The largest absolute Gasteiger partial charge is 0.395 e. The van der Waals surface area contributed by atoms with Crippen LogP contribution in [0.4, 0.5) is 0 Å². The summed E-state index contributed by atoms with van der Waals surface area (Å²) >= 11 is 8.20. The summed E-state index contributed by atoms with van der Waals surface area (Å²) in [4.78, 5) is 0.840. The molecule has 4 nitrogen and oxygen atoms in total. The average Bonchev–Trinajstić information content (AvgIpc) is 3.06. The predicted octanol–water partition coefficient (Wildman–Crippen LogP) is 2.68. The van der Waals surface area contributed by atoms with Crippen LogP contribution in [0.25, 0.3) is 0 Å². The zero-order valence-electron chi connectivity index (χ0n) is 10.8. The first-order valence-electron chi connectivity index (χ1n) is 5.94. The molecule has 0 aliphatic heterocycles. The van der Waals surface area contributed by atoms with Gasteiger partial charge in [-0.1, -0.05) is 23.4 Å². The van der Waals surface area contributed by atoms with Gasteiger partial charge in [-0.05, 0) is 23.6 Å². The number of aliphatic hydroxyl groups is 1. The van der Waals surface area contributed by atoms with Crippen LogP contribution >= 0.6 is 34.3 Å². The lowest BCUT2D eigenvalue weighted by molar-refractivity contribution is 0.305. The van der Waals surface area contributed by atoms with Gasteiger partial charge in [-0.25, -0.2) is 13.1 Å². The Labute approximate surface area is 136 Å². The number of hydrogen-bond donors (Lipinski definition) is 2. The fourth-order valence-electron chi connectivity index (χ4n) is 1.48. The zero-order valence-corrected chi connectivity index (χ0v) is 14.0. The number of hydrogen-bond acceptors (Lipinski definition) is 5. The van der Waals surface area contributed by atoms with Crippen LogP contribution in [0.5, 0.6) is 0 Å². The van der Waals surface area contributed by atoms with Gasteiger partial charge in [-0.3, -0.25) is 0 Å². The highest BCUT2D eigenvalue weighted by Gasteiger charge is 2.17. The highest BCUT2D eigenvalue weighted by molar-refractivity contribution is 7.91. The summed E-state index contributed by atoms with van der Waals surface area (Å²) in [5.41, 5.74) is 0.778. The van der Waals surface area contributed by atoms with Gasteiger partial charge >= 0.3 is 0 Å². The van der Waals surface area contributed by atoms with Crippen LogP contribution in [0.3, 0.4) is 0 Å². The van der Waals surface area contributed by atoms with Crippen LogP contribution < -0.4 is 4.72 Å². The Morgan fingerprint density at radius 3 is 2.81 bits per heavy atom. The summed E-state index contributed by atoms with van der Waals surface area (Å²) in [5, 5.41) is 10.6. The molecule has 0 aliphatic carbocycles. The van der Waals surface area contributed by atoms with E-state index < -0.39 is 10.0 Å². The van der Waals surface area contributed by atoms with E-state index in [1.165, 1.54) is 17.4 Å². The molecule has 0 saturated heterocycles. The molecule has 0 saturated carbocycles. The van der Waals surface area contributed by atoms with Gasteiger partial charge in [-0.15, -0.1) is 22.7 Å². The van der Waals surface area contributed by atoms with Crippen LogP contribution in [-0.4, -0.2) is 20.1 Å². The first-order chi connectivity index (χ1) is 10.0. The van der Waals surface area contributed by atoms with Crippen molar-refractivity contribution in [1.29, 1.82) is 0 Å². The molecule has 21 heavy (non-hydrogen) atoms. The smallest absolute Gasteiger partial charge is 0.250 e. The molecule has 2 aromatic rings. The first kappa shape index (κ1) is 16.5. The number of halogens is 1. The maximum absolute atomic E-state index is 12.1. The van der Waals surface area contributed by atoms with Gasteiger partial charge in [0.1, 0.15) is 4.21 Å². The molecule has 0 aromatic carbocycles. The van der Waals surface area contributed by atoms with Crippen molar-refractivity contribution in [1.82, 2.24) is 4.72 Å². The lowest BCUT2D eigenvalue weighted by atomic mass is 10.2. The van der Waals surface area contributed by atoms with E-state index in [4.69, 9.17) is 16.7 Å². The van der Waals surface area contributed by atoms with Gasteiger partial charge in [0.2, 0.25) is 10.0 Å². The van der Waals surface area contributed by atoms with Crippen molar-refractivity contribution in [3.8, 4) is 11.8 Å². The van der Waals surface area contributed by atoms with E-state index in [9.17, 15) is 8.42 Å². The molecule has 2 N–H and O–H groups in total. The van der Waals surface area contributed by atoms with Crippen LogP contribution in [-0.2, 0) is 16.6 Å². The van der Waals surface area contributed by atoms with E-state index in [-0.39, 0.29) is 17.4 Å². The van der Waals surface area contributed by atoms with Crippen molar-refractivity contribution in [2.24, 2.45) is 0 Å². The molecule has 112 valence electrons. The summed E-state index contributed by atoms with van der Waals surface area (Å²) in [6.07, 6.45) is 0.398. The van der Waals surface area contributed by atoms with E-state index in [1.807, 2.05) is 11.4 Å². The predicted molar refractivity (Wildman–Crippen MR) is 86.3 cm³/mol. The summed E-state index contributed by atoms with van der Waals surface area (Å²) in [5.74, 6) is 5.75. The Morgan fingerprint density at radius 1 is 1.33 bits per heavy atom. The van der Waals surface area contributed by atoms with E-state index >= 15 is 0 Å². The monoisotopic (exact) mass is 361 g/mol. The number of nitrogens with one attached hydrogen (secondary N) is 1. The molecular formula is C13H12ClNO3S3. The molecule has 2 rings (SSSR count). The molecule has 0 spiro atoms. The van der Waals surface area contributed by atoms with E-state index in [1.54, 1.807) is 6.07 Å². The van der Waals surface area contributed by atoms with Crippen LogP contribution in [0.2, 0.25) is 4.34 Å². The Morgan fingerprint density at radius 2 is 2.14 bits per heavy atom. The second-order valence-corrected chi connectivity index (χ2v) is 8.63. The Kier molecular flexibility index (Phi) is 5.81. The van der Waals surface area contributed by atoms with Gasteiger partial charge in [-0.2, -0.15) is 0 Å². The second-order valence-electron chi connectivity index (χ2n) is 3.92. The standard InChI is InChI=1S/C13H12ClNO3S3/c14-12-4-5-13(20-12)21(17,18)15-9-11-10(6-8-19-11)3-1-2-7-16/h4-6,8,15-16H,2,7,9H2. The summed E-state index contributed by atoms with van der Waals surface area (Å²) in [6, 6.07) is 4.87. The van der Waals surface area contributed by atoms with Gasteiger partial charge in [0.25, 0.3) is 0 Å². The number of rotatable bonds is 5. The molecule has 2 aromatic heterocycles. The normalized spacial score (nSPS) is 11.1. The first-order valence-corrected chi connectivity index (χ1v) is 9.50. The molecule has 0 atom stereocenters. The summed E-state index contributed by atoms with van der Waals surface area (Å²) in [7, 11) is -3.55. The minimum absolute atomic E-state index is 0.0121. The highest BCUT2D eigenvalue weighted by Crippen LogP contribution is 2.26. The van der Waals surface area contributed by atoms with Crippen molar-refractivity contribution in [3.05, 3.63) is 38.4 Å². The maximum atomic E-state index is 12.1. The summed E-state index contributed by atoms with van der Waals surface area (Å²) in [6.45, 7) is 0.191. The zero-order chi connectivity index (χ0) is 15.3. The van der Waals surface area contributed by atoms with Crippen molar-refractivity contribution < 1.29 is 13.5 Å². The molecular weight excluding hydrogens is 350 g/mol. The Balaban J connectivity index is 2.07. The maximum Gasteiger partial charge on any atom is 0.250 e. The molecule has 0 bridgehead atoms. The highest BCUT2D eigenvalue weighted by atomic mass is 35.5. The third-order valence-electron chi connectivity index (χ3n) is 2.44. The Bertz CT molecular complexity index is 768. The van der Waals surface area contributed by atoms with Crippen LogP contribution in [0.1, 0.15) is 16.9 Å². The minimum Gasteiger partial charge on any atom is -0.395 e. The van der Waals surface area contributed by atoms with Crippen molar-refractivity contribution in [2.45, 2.75) is 17.2 Å². The molecule has 2 heterocycles. The van der Waals surface area contributed by atoms with E-state index in [0.29, 0.717) is 10.8 Å². The molecule has 8 heteroatoms. The fourth-order valence-corrected chi connectivity index (χ4v) is 4.86. The van der Waals surface area contributed by atoms with Gasteiger partial charge < -0.3 is 5.11 Å². The fraction of sp³-hybridized carbons (Fsp3) is 0.231. The third-order valence-corrected chi connectivity index (χ3v) is 6.49. The minimum atomic E-state index is -3.55. The van der Waals surface area contributed by atoms with E-state index in [0.717, 1.165) is 21.8 Å². The SMILES string of the molecule is O=S(=O)(NCc1sccc1C#CCCO)c1ccc(Cl)s1. The molecule has 0 unspecified atom stereocenters. The van der Waals surface area contributed by atoms with Crippen molar-refractivity contribution in [2.75, 3.05) is 6.61 Å². The van der Waals surface area contributed by atoms with Crippen molar-refractivity contribution >= 4 is 44.3 Å². The van der Waals surface area contributed by atoms with Crippen LogP contribution in [0.15, 0.2) is 27.8 Å². The molecule has 0 aliphatic rings. The summed E-state index contributed by atoms with van der Waals surface area (Å²) < 4.78 is 27.3. The van der Waals surface area contributed by atoms with Crippen molar-refractivity contribution in [3.63, 3.8) is 0 Å². The molecule has 0 fully saturated rings. The third kappa shape index (κ3) is 4.54. The Hall–Kier alpha value is -0.880. The topological polar surface area (TPSA) is 66.4 Å². The van der Waals surface area contributed by atoms with Crippen LogP contribution in [0, 0.1) is 11.8 Å². The quantitative estimate of drug-likeness (QED) is 0.804. The van der Waals surface area contributed by atoms with E-state index in [2.05, 4.69) is 16.6 Å². The van der Waals surface area contributed by atoms with Gasteiger partial charge in [0.05, 0.1) is 10.9 Å². The lowest BCUT2D eigenvalue weighted by Gasteiger charge is -2.03. The second kappa shape index (κ2) is 7.40. The molecule has 0 radical (unpaired) electrons. The molecule has 0 amide bonds. The number of thiophene rings is 2. The lowest BCUT2D eigenvalue weighted by Crippen LogP contribution is -2.22. The average molecular weight is 362 g/mol. The number of aliphatic hydroxyl groups excluding tert-OH is 1. The van der Waals surface area contributed by atoms with Gasteiger partial charge in [0.15, 0.2) is 0 Å².